The number of carbonyl (C=O) groups excluding carboxylic acids is 2. The molecule has 0 bridgehead atoms. The summed E-state index contributed by atoms with van der Waals surface area (Å²) in [4.78, 5) is 38.2. The van der Waals surface area contributed by atoms with Crippen molar-refractivity contribution in [2.45, 2.75) is 118 Å². The molecule has 5 aliphatic heterocycles. The minimum atomic E-state index is -0.249. The number of nitrogens with zero attached hydrogens (tertiary/aromatic N) is 4. The molecule has 0 aliphatic carbocycles. The minimum Gasteiger partial charge on any atom is -0.400 e. The average molecular weight is 1060 g/mol. The topological polar surface area (TPSA) is 192 Å². The summed E-state index contributed by atoms with van der Waals surface area (Å²) < 4.78 is 22.5. The summed E-state index contributed by atoms with van der Waals surface area (Å²) in [5.41, 5.74) is 10.1. The van der Waals surface area contributed by atoms with Gasteiger partial charge in [0, 0.05) is 55.2 Å². The first-order chi connectivity index (χ1) is 36.3. The Hall–Kier alpha value is -5.53. The molecular weight excluding hydrogens is 983 g/mol. The SMILES string of the molecule is CC1(C)OB(C2=CCOC2)OC1(C)C.CC[C@@H]1CCN(C(=O)Nc2ccc(C)c(-c3cc(Cl)nc(N[C@H](C)CO)c3)c2)C1.CC[C@@H]1CCN(C(=O)Nc2ccc(C)c(-c3cc(N[C@H](C)CO)nc(C4=CCOC4)c3)c2)C1. The number of aromatic nitrogens is 2. The summed E-state index contributed by atoms with van der Waals surface area (Å²) in [7, 11) is -0.220. The van der Waals surface area contributed by atoms with Crippen LogP contribution in [0, 0.1) is 25.7 Å². The van der Waals surface area contributed by atoms with Crippen molar-refractivity contribution in [1.29, 1.82) is 0 Å². The van der Waals surface area contributed by atoms with E-state index in [-0.39, 0.29) is 55.7 Å². The summed E-state index contributed by atoms with van der Waals surface area (Å²) >= 11 is 6.23. The van der Waals surface area contributed by atoms with Gasteiger partial charge in [-0.2, -0.15) is 0 Å². The van der Waals surface area contributed by atoms with Crippen LogP contribution in [0.1, 0.15) is 97.9 Å². The molecule has 9 rings (SSSR count). The number of halogens is 1. The number of likely N-dealkylation sites (tertiary alicyclic amines) is 2. The molecule has 0 unspecified atom stereocenters. The third kappa shape index (κ3) is 15.1. The van der Waals surface area contributed by atoms with E-state index in [1.165, 1.54) is 0 Å². The zero-order chi connectivity index (χ0) is 54.7. The second-order valence-corrected chi connectivity index (χ2v) is 22.1. The third-order valence-corrected chi connectivity index (χ3v) is 15.4. The molecule has 4 amide bonds. The summed E-state index contributed by atoms with van der Waals surface area (Å²) in [6.07, 6.45) is 8.45. The third-order valence-electron chi connectivity index (χ3n) is 15.2. The number of hydrogen-bond donors (Lipinski definition) is 6. The second kappa shape index (κ2) is 26.2. The van der Waals surface area contributed by atoms with E-state index in [9.17, 15) is 19.8 Å². The Labute approximate surface area is 455 Å². The summed E-state index contributed by atoms with van der Waals surface area (Å²) in [6, 6.07) is 19.3. The number of rotatable bonds is 14. The van der Waals surface area contributed by atoms with E-state index in [0.717, 1.165) is 113 Å². The Bertz CT molecular complexity index is 2700. The molecule has 5 aliphatic rings. The fraction of sp³-hybridized carbons (Fsp3) is 0.517. The van der Waals surface area contributed by atoms with Gasteiger partial charge in [-0.3, -0.25) is 0 Å². The highest BCUT2D eigenvalue weighted by atomic mass is 35.5. The second-order valence-electron chi connectivity index (χ2n) is 21.7. The van der Waals surface area contributed by atoms with Crippen LogP contribution in [0.2, 0.25) is 5.15 Å². The van der Waals surface area contributed by atoms with Crippen LogP contribution in [0.4, 0.5) is 32.6 Å². The molecule has 4 aromatic rings. The normalized spacial score (nSPS) is 20.2. The molecule has 2 aromatic carbocycles. The van der Waals surface area contributed by atoms with Gasteiger partial charge in [0.1, 0.15) is 16.8 Å². The largest absolute Gasteiger partial charge is 0.492 e. The first-order valence-corrected chi connectivity index (χ1v) is 27.3. The monoisotopic (exact) mass is 1060 g/mol. The molecule has 0 spiro atoms. The van der Waals surface area contributed by atoms with Crippen molar-refractivity contribution >= 4 is 59.4 Å². The van der Waals surface area contributed by atoms with Crippen molar-refractivity contribution in [2.24, 2.45) is 11.8 Å². The lowest BCUT2D eigenvalue weighted by atomic mass is 9.79. The number of nitrogens with one attached hydrogen (secondary N) is 4. The van der Waals surface area contributed by atoms with E-state index in [1.54, 1.807) is 6.07 Å². The van der Waals surface area contributed by atoms with Crippen molar-refractivity contribution < 1.29 is 38.6 Å². The number of amides is 4. The summed E-state index contributed by atoms with van der Waals surface area (Å²) in [5, 5.41) is 31.6. The van der Waals surface area contributed by atoms with E-state index in [1.807, 2.05) is 85.2 Å². The van der Waals surface area contributed by atoms with Gasteiger partial charge in [-0.15, -0.1) is 0 Å². The van der Waals surface area contributed by atoms with Gasteiger partial charge in [-0.05, 0) is 167 Å². The standard InChI is InChI=1S/C26H34N4O3.C22H29ClN4O2.C10H17BO3/c1-4-19-7-9-30(14-19)26(32)28-22-6-5-17(2)23(13-22)21-11-24(20-8-10-33-16-20)29-25(12-21)27-18(3)15-31;1-4-16-7-8-27(12-16)22(29)25-18-6-5-14(2)19(11-18)17-9-20(23)26-21(10-17)24-15(3)13-28;1-9(2)10(3,4)14-11(13-9)8-5-6-12-7-8/h5-6,8,11-13,18-19,31H,4,7,9-10,14-16H2,1-3H3,(H,27,29)(H,28,32);5-6,9-11,15-16,28H,4,7-8,12-13H2,1-3H3,(H,24,26)(H,25,29);5H,6-7H2,1-4H3/t18-,19-;15-,16-;/m11./s1. The lowest BCUT2D eigenvalue weighted by molar-refractivity contribution is 0.00578. The average Bonchev–Trinajstić information content (AvgIpc) is 4.28. The lowest BCUT2D eigenvalue weighted by Gasteiger charge is -2.32. The van der Waals surface area contributed by atoms with E-state index in [0.29, 0.717) is 55.1 Å². The molecule has 7 heterocycles. The number of hydrogen-bond acceptors (Lipinski definition) is 12. The molecule has 410 valence electrons. The van der Waals surface area contributed by atoms with E-state index < -0.39 is 0 Å². The van der Waals surface area contributed by atoms with E-state index in [4.69, 9.17) is 35.4 Å². The molecular formula is C58H80BClN8O8. The van der Waals surface area contributed by atoms with Crippen LogP contribution in [0.3, 0.4) is 0 Å². The van der Waals surface area contributed by atoms with Crippen LogP contribution in [-0.2, 0) is 18.8 Å². The highest BCUT2D eigenvalue weighted by Gasteiger charge is 2.52. The van der Waals surface area contributed by atoms with Gasteiger partial charge in [0.2, 0.25) is 0 Å². The number of aryl methyl sites for hydroxylation is 2. The van der Waals surface area contributed by atoms with Gasteiger partial charge in [0.05, 0.1) is 56.5 Å². The van der Waals surface area contributed by atoms with Crippen molar-refractivity contribution in [3.05, 3.63) is 100 Å². The molecule has 3 saturated heterocycles. The van der Waals surface area contributed by atoms with Crippen LogP contribution in [0.5, 0.6) is 0 Å². The summed E-state index contributed by atoms with van der Waals surface area (Å²) in [5.74, 6) is 2.50. The van der Waals surface area contributed by atoms with Crippen LogP contribution < -0.4 is 21.3 Å². The first-order valence-electron chi connectivity index (χ1n) is 27.0. The minimum absolute atomic E-state index is 0.000536. The number of aliphatic hydroxyl groups excluding tert-OH is 2. The fourth-order valence-corrected chi connectivity index (χ4v) is 9.71. The highest BCUT2D eigenvalue weighted by molar-refractivity contribution is 6.54. The van der Waals surface area contributed by atoms with Crippen molar-refractivity contribution in [1.82, 2.24) is 19.8 Å². The number of urea groups is 2. The lowest BCUT2D eigenvalue weighted by Crippen LogP contribution is -2.41. The molecule has 0 radical (unpaired) electrons. The smallest absolute Gasteiger partial charge is 0.400 e. The zero-order valence-electron chi connectivity index (χ0n) is 46.2. The Morgan fingerprint density at radius 3 is 1.64 bits per heavy atom. The van der Waals surface area contributed by atoms with Gasteiger partial charge >= 0.3 is 19.2 Å². The molecule has 76 heavy (non-hydrogen) atoms. The van der Waals surface area contributed by atoms with Crippen molar-refractivity contribution in [3.8, 4) is 22.3 Å². The maximum Gasteiger partial charge on any atom is 0.492 e. The van der Waals surface area contributed by atoms with Gasteiger partial charge in [0.15, 0.2) is 0 Å². The van der Waals surface area contributed by atoms with Crippen LogP contribution in [0.25, 0.3) is 27.8 Å². The van der Waals surface area contributed by atoms with Crippen molar-refractivity contribution in [2.75, 3.05) is 87.1 Å². The number of pyridine rings is 2. The summed E-state index contributed by atoms with van der Waals surface area (Å²) in [6.45, 7) is 26.2. The van der Waals surface area contributed by atoms with Crippen LogP contribution in [0.15, 0.2) is 78.3 Å². The van der Waals surface area contributed by atoms with Gasteiger partial charge in [-0.25, -0.2) is 19.6 Å². The van der Waals surface area contributed by atoms with E-state index >= 15 is 0 Å². The molecule has 16 nitrogen and oxygen atoms in total. The Morgan fingerprint density at radius 2 is 1.20 bits per heavy atom. The van der Waals surface area contributed by atoms with Crippen molar-refractivity contribution in [3.63, 3.8) is 0 Å². The van der Waals surface area contributed by atoms with Crippen LogP contribution >= 0.6 is 11.6 Å². The molecule has 4 atom stereocenters. The van der Waals surface area contributed by atoms with E-state index in [2.05, 4.69) is 86.9 Å². The molecule has 3 fully saturated rings. The molecule has 6 N–H and O–H groups in total. The highest BCUT2D eigenvalue weighted by Crippen LogP contribution is 2.39. The molecule has 0 saturated carbocycles. The Balaban J connectivity index is 0.000000178. The van der Waals surface area contributed by atoms with Gasteiger partial charge in [-0.1, -0.05) is 62.6 Å². The number of aliphatic hydroxyl groups is 2. The fourth-order valence-electron chi connectivity index (χ4n) is 9.50. The number of benzene rings is 2. The quantitative estimate of drug-likeness (QED) is 0.0518. The molecule has 18 heteroatoms. The van der Waals surface area contributed by atoms with Gasteiger partial charge < -0.3 is 60.1 Å². The number of anilines is 4. The predicted molar refractivity (Wildman–Crippen MR) is 306 cm³/mol. The Kier molecular flexibility index (Phi) is 20.1. The first kappa shape index (κ1) is 58.2. The maximum absolute atomic E-state index is 12.8. The number of carbonyl (C=O) groups is 2. The Morgan fingerprint density at radius 1 is 0.711 bits per heavy atom. The molecule has 2 aromatic heterocycles. The zero-order valence-corrected chi connectivity index (χ0v) is 47.0. The predicted octanol–water partition coefficient (Wildman–Crippen LogP) is 10.9. The van der Waals surface area contributed by atoms with Gasteiger partial charge in [0.25, 0.3) is 0 Å². The maximum atomic E-state index is 12.8. The number of ether oxygens (including phenoxy) is 2. The van der Waals surface area contributed by atoms with Crippen LogP contribution in [-0.4, -0.2) is 138 Å².